The van der Waals surface area contributed by atoms with Crippen LogP contribution < -0.4 is 5.32 Å². The van der Waals surface area contributed by atoms with Gasteiger partial charge in [0.2, 0.25) is 0 Å². The van der Waals surface area contributed by atoms with Crippen molar-refractivity contribution < 1.29 is 4.39 Å². The number of hydrogen-bond donors (Lipinski definition) is 1. The van der Waals surface area contributed by atoms with Crippen molar-refractivity contribution in [3.8, 4) is 0 Å². The second-order valence-corrected chi connectivity index (χ2v) is 4.64. The highest BCUT2D eigenvalue weighted by molar-refractivity contribution is 6.31. The van der Waals surface area contributed by atoms with Crippen LogP contribution in [-0.2, 0) is 13.5 Å². The van der Waals surface area contributed by atoms with Crippen molar-refractivity contribution in [3.05, 3.63) is 46.8 Å². The van der Waals surface area contributed by atoms with E-state index in [9.17, 15) is 4.39 Å². The summed E-state index contributed by atoms with van der Waals surface area (Å²) in [6, 6.07) is 4.76. The third-order valence-corrected chi connectivity index (χ3v) is 3.40. The van der Waals surface area contributed by atoms with Gasteiger partial charge in [-0.25, -0.2) is 9.37 Å². The second-order valence-electron chi connectivity index (χ2n) is 4.26. The molecule has 0 radical (unpaired) electrons. The summed E-state index contributed by atoms with van der Waals surface area (Å²) in [4.78, 5) is 4.19. The zero-order valence-corrected chi connectivity index (χ0v) is 11.7. The van der Waals surface area contributed by atoms with Crippen LogP contribution in [0.3, 0.4) is 0 Å². The minimum absolute atomic E-state index is 0.0869. The molecule has 0 amide bonds. The third-order valence-electron chi connectivity index (χ3n) is 3.00. The van der Waals surface area contributed by atoms with Crippen LogP contribution in [0.2, 0.25) is 5.02 Å². The SMILES string of the molecule is CCNC(Cc1ncnn1C)c1cccc(F)c1Cl. The van der Waals surface area contributed by atoms with E-state index in [0.717, 1.165) is 17.9 Å². The van der Waals surface area contributed by atoms with Gasteiger partial charge in [-0.15, -0.1) is 0 Å². The summed E-state index contributed by atoms with van der Waals surface area (Å²) >= 11 is 6.05. The van der Waals surface area contributed by atoms with Crippen LogP contribution >= 0.6 is 11.6 Å². The second kappa shape index (κ2) is 6.12. The molecule has 1 heterocycles. The molecule has 1 aromatic heterocycles. The van der Waals surface area contributed by atoms with Gasteiger partial charge in [0.05, 0.1) is 5.02 Å². The molecule has 0 aliphatic rings. The van der Waals surface area contributed by atoms with Crippen molar-refractivity contribution in [2.45, 2.75) is 19.4 Å². The van der Waals surface area contributed by atoms with E-state index in [2.05, 4.69) is 15.4 Å². The Morgan fingerprint density at radius 2 is 2.26 bits per heavy atom. The smallest absolute Gasteiger partial charge is 0.142 e. The van der Waals surface area contributed by atoms with E-state index in [1.165, 1.54) is 12.4 Å². The number of halogens is 2. The van der Waals surface area contributed by atoms with Gasteiger partial charge in [0.1, 0.15) is 18.0 Å². The van der Waals surface area contributed by atoms with Gasteiger partial charge < -0.3 is 5.32 Å². The largest absolute Gasteiger partial charge is 0.310 e. The fraction of sp³-hybridized carbons (Fsp3) is 0.385. The van der Waals surface area contributed by atoms with Gasteiger partial charge in [0.15, 0.2) is 0 Å². The highest BCUT2D eigenvalue weighted by Crippen LogP contribution is 2.27. The summed E-state index contributed by atoms with van der Waals surface area (Å²) < 4.78 is 15.3. The lowest BCUT2D eigenvalue weighted by Gasteiger charge is -2.19. The molecule has 6 heteroatoms. The zero-order chi connectivity index (χ0) is 13.8. The molecule has 2 rings (SSSR count). The Hall–Kier alpha value is -1.46. The van der Waals surface area contributed by atoms with Crippen molar-refractivity contribution in [1.82, 2.24) is 20.1 Å². The Kier molecular flexibility index (Phi) is 4.50. The van der Waals surface area contributed by atoms with Crippen LogP contribution in [0.15, 0.2) is 24.5 Å². The first-order chi connectivity index (χ1) is 9.13. The monoisotopic (exact) mass is 282 g/mol. The van der Waals surface area contributed by atoms with Gasteiger partial charge in [-0.3, -0.25) is 4.68 Å². The van der Waals surface area contributed by atoms with E-state index in [1.807, 2.05) is 20.0 Å². The van der Waals surface area contributed by atoms with E-state index in [4.69, 9.17) is 11.6 Å². The Bertz CT molecular complexity index is 555. The number of aryl methyl sites for hydroxylation is 1. The maximum atomic E-state index is 13.5. The third kappa shape index (κ3) is 3.11. The summed E-state index contributed by atoms with van der Waals surface area (Å²) in [6.07, 6.45) is 2.11. The molecule has 0 saturated heterocycles. The van der Waals surface area contributed by atoms with E-state index < -0.39 is 5.82 Å². The minimum atomic E-state index is -0.403. The molecule has 0 bridgehead atoms. The number of rotatable bonds is 5. The lowest BCUT2D eigenvalue weighted by molar-refractivity contribution is 0.518. The Labute approximate surface area is 116 Å². The van der Waals surface area contributed by atoms with Crippen LogP contribution in [0.1, 0.15) is 24.4 Å². The summed E-state index contributed by atoms with van der Waals surface area (Å²) in [5.41, 5.74) is 0.742. The van der Waals surface area contributed by atoms with Gasteiger partial charge in [-0.05, 0) is 18.2 Å². The van der Waals surface area contributed by atoms with Crippen molar-refractivity contribution >= 4 is 11.6 Å². The summed E-state index contributed by atoms with van der Waals surface area (Å²) in [6.45, 7) is 2.76. The van der Waals surface area contributed by atoms with Crippen molar-refractivity contribution in [1.29, 1.82) is 0 Å². The highest BCUT2D eigenvalue weighted by atomic mass is 35.5. The standard InChI is InChI=1S/C13H16ClFN4/c1-3-16-11(7-12-17-8-18-19(12)2)9-5-4-6-10(15)13(9)14/h4-6,8,11,16H,3,7H2,1-2H3. The Morgan fingerprint density at radius 3 is 2.89 bits per heavy atom. The number of nitrogens with zero attached hydrogens (tertiary/aromatic N) is 3. The van der Waals surface area contributed by atoms with Crippen LogP contribution in [-0.4, -0.2) is 21.3 Å². The first kappa shape index (κ1) is 14.0. The van der Waals surface area contributed by atoms with Crippen molar-refractivity contribution in [2.24, 2.45) is 7.05 Å². The number of likely N-dealkylation sites (N-methyl/N-ethyl adjacent to an activating group) is 1. The maximum absolute atomic E-state index is 13.5. The molecule has 102 valence electrons. The first-order valence-electron chi connectivity index (χ1n) is 6.13. The molecule has 1 aromatic carbocycles. The number of benzene rings is 1. The van der Waals surface area contributed by atoms with E-state index >= 15 is 0 Å². The molecule has 0 aliphatic heterocycles. The predicted octanol–water partition coefficient (Wildman–Crippen LogP) is 2.50. The number of aromatic nitrogens is 3. The molecule has 0 aliphatic carbocycles. The van der Waals surface area contributed by atoms with Crippen LogP contribution in [0.4, 0.5) is 4.39 Å². The van der Waals surface area contributed by atoms with Gasteiger partial charge >= 0.3 is 0 Å². The summed E-state index contributed by atoms with van der Waals surface area (Å²) in [5, 5.41) is 7.50. The molecule has 2 aromatic rings. The zero-order valence-electron chi connectivity index (χ0n) is 10.9. The lowest BCUT2D eigenvalue weighted by Crippen LogP contribution is -2.24. The topological polar surface area (TPSA) is 42.7 Å². The van der Waals surface area contributed by atoms with Crippen molar-refractivity contribution in [3.63, 3.8) is 0 Å². The molecule has 0 fully saturated rings. The number of hydrogen-bond acceptors (Lipinski definition) is 3. The van der Waals surface area contributed by atoms with Crippen LogP contribution in [0, 0.1) is 5.82 Å². The summed E-state index contributed by atoms with van der Waals surface area (Å²) in [5.74, 6) is 0.423. The van der Waals surface area contributed by atoms with Crippen LogP contribution in [0.25, 0.3) is 0 Å². The van der Waals surface area contributed by atoms with Gasteiger partial charge in [-0.1, -0.05) is 30.7 Å². The molecule has 19 heavy (non-hydrogen) atoms. The molecular weight excluding hydrogens is 267 g/mol. The van der Waals surface area contributed by atoms with E-state index in [0.29, 0.717) is 6.42 Å². The average molecular weight is 283 g/mol. The summed E-state index contributed by atoms with van der Waals surface area (Å²) in [7, 11) is 1.83. The van der Waals surface area contributed by atoms with Gasteiger partial charge in [0.25, 0.3) is 0 Å². The molecular formula is C13H16ClFN4. The average Bonchev–Trinajstić information content (AvgIpc) is 2.78. The molecule has 1 N–H and O–H groups in total. The van der Waals surface area contributed by atoms with Crippen LogP contribution in [0.5, 0.6) is 0 Å². The maximum Gasteiger partial charge on any atom is 0.142 e. The normalized spacial score (nSPS) is 12.6. The van der Waals surface area contributed by atoms with Gasteiger partial charge in [0, 0.05) is 19.5 Å². The van der Waals surface area contributed by atoms with E-state index in [1.54, 1.807) is 10.7 Å². The first-order valence-corrected chi connectivity index (χ1v) is 6.51. The fourth-order valence-corrected chi connectivity index (χ4v) is 2.27. The molecule has 0 saturated carbocycles. The minimum Gasteiger partial charge on any atom is -0.310 e. The molecule has 1 unspecified atom stereocenters. The quantitative estimate of drug-likeness (QED) is 0.916. The molecule has 0 spiro atoms. The Balaban J connectivity index is 2.29. The van der Waals surface area contributed by atoms with Crippen molar-refractivity contribution in [2.75, 3.05) is 6.54 Å². The van der Waals surface area contributed by atoms with E-state index in [-0.39, 0.29) is 11.1 Å². The molecule has 4 nitrogen and oxygen atoms in total. The van der Waals surface area contributed by atoms with Gasteiger partial charge in [-0.2, -0.15) is 5.10 Å². The molecule has 1 atom stereocenters. The lowest BCUT2D eigenvalue weighted by atomic mass is 10.0. The highest BCUT2D eigenvalue weighted by Gasteiger charge is 2.18. The number of nitrogens with one attached hydrogen (secondary N) is 1. The fourth-order valence-electron chi connectivity index (χ4n) is 2.02. The predicted molar refractivity (Wildman–Crippen MR) is 72.5 cm³/mol. The Morgan fingerprint density at radius 1 is 1.47 bits per heavy atom.